The minimum Gasteiger partial charge on any atom is -0.481 e. The Labute approximate surface area is 310 Å². The lowest BCUT2D eigenvalue weighted by Crippen LogP contribution is -2.58. The van der Waals surface area contributed by atoms with Crippen LogP contribution in [0, 0.1) is 17.3 Å². The molecule has 2 aromatic heterocycles. The van der Waals surface area contributed by atoms with Crippen LogP contribution in [0.15, 0.2) is 60.7 Å². The minimum atomic E-state index is -0.731. The molecular weight excluding hydrogens is 673 g/mol. The number of fused-ring (bicyclic) bond motifs is 2. The molecule has 2 fully saturated rings. The molecule has 2 aromatic carbocycles. The van der Waals surface area contributed by atoms with Gasteiger partial charge in [-0.3, -0.25) is 19.3 Å². The fraction of sp³-hybridized carbons (Fsp3) is 0.488. The van der Waals surface area contributed by atoms with Crippen LogP contribution >= 0.6 is 11.3 Å². The number of carboxylic acids is 1. The molecule has 3 N–H and O–H groups in total. The van der Waals surface area contributed by atoms with Gasteiger partial charge in [-0.15, -0.1) is 0 Å². The average Bonchev–Trinajstić information content (AvgIpc) is 3.54. The number of piperidine rings is 1. The summed E-state index contributed by atoms with van der Waals surface area (Å²) in [5, 5.41) is 16.3. The van der Waals surface area contributed by atoms with Crippen LogP contribution in [-0.2, 0) is 24.2 Å². The second-order valence-corrected chi connectivity index (χ2v) is 17.0. The van der Waals surface area contributed by atoms with E-state index in [9.17, 15) is 19.5 Å². The highest BCUT2D eigenvalue weighted by Crippen LogP contribution is 2.38. The number of aromatic nitrogens is 2. The topological polar surface area (TPSA) is 128 Å². The second kappa shape index (κ2) is 15.4. The first kappa shape index (κ1) is 36.2. The van der Waals surface area contributed by atoms with E-state index >= 15 is 0 Å². The van der Waals surface area contributed by atoms with E-state index in [2.05, 4.69) is 59.4 Å². The van der Waals surface area contributed by atoms with E-state index in [1.165, 1.54) is 22.5 Å². The molecule has 2 saturated heterocycles. The molecule has 1 aliphatic carbocycles. The summed E-state index contributed by atoms with van der Waals surface area (Å²) in [6, 6.07) is 19.7. The molecule has 3 aliphatic rings. The summed E-state index contributed by atoms with van der Waals surface area (Å²) in [6.07, 6.45) is 4.87. The van der Waals surface area contributed by atoms with Gasteiger partial charge in [-0.1, -0.05) is 74.6 Å². The molecule has 7 rings (SSSR count). The summed E-state index contributed by atoms with van der Waals surface area (Å²) in [4.78, 5) is 53.9. The van der Waals surface area contributed by atoms with Crippen molar-refractivity contribution in [3.63, 3.8) is 0 Å². The number of aliphatic carboxylic acids is 1. The van der Waals surface area contributed by atoms with E-state index in [0.717, 1.165) is 60.5 Å². The van der Waals surface area contributed by atoms with Gasteiger partial charge in [0.2, 0.25) is 0 Å². The van der Waals surface area contributed by atoms with E-state index in [1.54, 1.807) is 0 Å². The van der Waals surface area contributed by atoms with Crippen LogP contribution in [0.3, 0.4) is 0 Å². The van der Waals surface area contributed by atoms with Crippen molar-refractivity contribution in [2.75, 3.05) is 32.7 Å². The number of carbonyl (C=O) groups excluding carboxylic acids is 2. The lowest BCUT2D eigenvalue weighted by molar-refractivity contribution is -0.143. The zero-order valence-electron chi connectivity index (χ0n) is 30.4. The van der Waals surface area contributed by atoms with Gasteiger partial charge in [-0.2, -0.15) is 0 Å². The van der Waals surface area contributed by atoms with Crippen LogP contribution in [-0.4, -0.2) is 81.4 Å². The number of aryl methyl sites for hydroxylation is 1. The average molecular weight is 723 g/mol. The van der Waals surface area contributed by atoms with Gasteiger partial charge in [-0.25, -0.2) is 9.97 Å². The van der Waals surface area contributed by atoms with E-state index in [1.807, 2.05) is 42.5 Å². The SMILES string of the molecule is CC(C)(C)[C@H]1CCc2nc3sc(C(=O)N[C@H](CCN4CCC(C(=O)O)CC4)c4cccc(C(=O)NC5CN(Cc6ccccc6)C5)c4)nc3cc2C1. The molecule has 4 aromatic rings. The van der Waals surface area contributed by atoms with Gasteiger partial charge in [-0.05, 0) is 97.8 Å². The number of rotatable bonds is 11. The van der Waals surface area contributed by atoms with Gasteiger partial charge in [0.25, 0.3) is 11.8 Å². The van der Waals surface area contributed by atoms with Gasteiger partial charge in [0.05, 0.1) is 18.0 Å². The first-order chi connectivity index (χ1) is 25.0. The third kappa shape index (κ3) is 8.54. The predicted molar refractivity (Wildman–Crippen MR) is 203 cm³/mol. The van der Waals surface area contributed by atoms with Crippen LogP contribution in [0.2, 0.25) is 0 Å². The van der Waals surface area contributed by atoms with Crippen LogP contribution in [0.1, 0.15) is 95.0 Å². The van der Waals surface area contributed by atoms with Crippen molar-refractivity contribution in [3.05, 3.63) is 93.6 Å². The lowest BCUT2D eigenvalue weighted by Gasteiger charge is -2.39. The van der Waals surface area contributed by atoms with E-state index in [4.69, 9.17) is 9.97 Å². The van der Waals surface area contributed by atoms with Gasteiger partial charge < -0.3 is 20.6 Å². The summed E-state index contributed by atoms with van der Waals surface area (Å²) in [7, 11) is 0. The Morgan fingerprint density at radius 2 is 1.71 bits per heavy atom. The predicted octanol–water partition coefficient (Wildman–Crippen LogP) is 6.11. The molecule has 0 radical (unpaired) electrons. The third-order valence-electron chi connectivity index (χ3n) is 11.2. The normalized spacial score (nSPS) is 19.5. The van der Waals surface area contributed by atoms with Crippen molar-refractivity contribution in [2.45, 2.75) is 77.9 Å². The van der Waals surface area contributed by atoms with E-state index in [0.29, 0.717) is 55.4 Å². The number of carbonyl (C=O) groups is 3. The number of amides is 2. The monoisotopic (exact) mass is 722 g/mol. The third-order valence-corrected chi connectivity index (χ3v) is 12.2. The summed E-state index contributed by atoms with van der Waals surface area (Å²) < 4.78 is 0. The standard InChI is InChI=1S/C41H50N6O4S/c1-41(2,3)31-12-13-33-30(21-31)22-35-38(44-33)52-39(45-35)37(49)43-34(16-19-46-17-14-27(15-18-46)40(50)51)28-10-7-11-29(20-28)36(48)42-32-24-47(25-32)23-26-8-5-4-6-9-26/h4-11,20,22,27,31-32,34H,12-19,21,23-25H2,1-3H3,(H,42,48)(H,43,49)(H,50,51)/t31-,34+/m0/s1. The molecule has 2 amide bonds. The summed E-state index contributed by atoms with van der Waals surface area (Å²) in [5.41, 5.74) is 6.01. The van der Waals surface area contributed by atoms with Crippen molar-refractivity contribution in [3.8, 4) is 0 Å². The molecule has 4 heterocycles. The van der Waals surface area contributed by atoms with Gasteiger partial charge in [0.15, 0.2) is 5.01 Å². The van der Waals surface area contributed by atoms with Crippen molar-refractivity contribution < 1.29 is 19.5 Å². The van der Waals surface area contributed by atoms with Crippen molar-refractivity contribution in [1.82, 2.24) is 30.4 Å². The van der Waals surface area contributed by atoms with Crippen molar-refractivity contribution in [1.29, 1.82) is 0 Å². The van der Waals surface area contributed by atoms with Crippen LogP contribution in [0.5, 0.6) is 0 Å². The molecule has 0 unspecified atom stereocenters. The molecule has 0 spiro atoms. The molecule has 10 nitrogen and oxygen atoms in total. The molecule has 0 bridgehead atoms. The molecule has 2 aliphatic heterocycles. The minimum absolute atomic E-state index is 0.0850. The molecule has 52 heavy (non-hydrogen) atoms. The van der Waals surface area contributed by atoms with Gasteiger partial charge >= 0.3 is 5.97 Å². The Morgan fingerprint density at radius 1 is 0.942 bits per heavy atom. The molecule has 274 valence electrons. The zero-order valence-corrected chi connectivity index (χ0v) is 31.3. The fourth-order valence-electron chi connectivity index (χ4n) is 7.90. The largest absolute Gasteiger partial charge is 0.481 e. The number of nitrogens with one attached hydrogen (secondary N) is 2. The number of carboxylic acid groups (broad SMARTS) is 1. The number of hydrogen-bond donors (Lipinski definition) is 3. The van der Waals surface area contributed by atoms with Gasteiger partial charge in [0, 0.05) is 37.4 Å². The highest BCUT2D eigenvalue weighted by molar-refractivity contribution is 7.19. The van der Waals surface area contributed by atoms with Gasteiger partial charge in [0.1, 0.15) is 10.3 Å². The molecule has 0 saturated carbocycles. The Hall–Kier alpha value is -4.19. The lowest BCUT2D eigenvalue weighted by atomic mass is 9.71. The highest BCUT2D eigenvalue weighted by Gasteiger charge is 2.31. The summed E-state index contributed by atoms with van der Waals surface area (Å²) >= 11 is 1.33. The maximum absolute atomic E-state index is 13.9. The second-order valence-electron chi connectivity index (χ2n) is 16.0. The number of pyridine rings is 1. The zero-order chi connectivity index (χ0) is 36.4. The Balaban J connectivity index is 1.04. The smallest absolute Gasteiger partial charge is 0.306 e. The number of hydrogen-bond acceptors (Lipinski definition) is 8. The number of likely N-dealkylation sites (tertiary alicyclic amines) is 2. The van der Waals surface area contributed by atoms with E-state index < -0.39 is 5.97 Å². The van der Waals surface area contributed by atoms with Crippen molar-refractivity contribution in [2.24, 2.45) is 17.3 Å². The van der Waals surface area contributed by atoms with Crippen molar-refractivity contribution >= 4 is 39.5 Å². The van der Waals surface area contributed by atoms with Crippen LogP contribution in [0.4, 0.5) is 0 Å². The Bertz CT molecular complexity index is 1910. The fourth-order valence-corrected chi connectivity index (χ4v) is 8.75. The maximum Gasteiger partial charge on any atom is 0.306 e. The summed E-state index contributed by atoms with van der Waals surface area (Å²) in [6.45, 7) is 11.4. The summed E-state index contributed by atoms with van der Waals surface area (Å²) in [5.74, 6) is -0.836. The van der Waals surface area contributed by atoms with Crippen LogP contribution in [0.25, 0.3) is 10.3 Å². The van der Waals surface area contributed by atoms with Crippen LogP contribution < -0.4 is 10.6 Å². The van der Waals surface area contributed by atoms with E-state index in [-0.39, 0.29) is 35.2 Å². The highest BCUT2D eigenvalue weighted by atomic mass is 32.1. The molecule has 11 heteroatoms. The molecular formula is C41H50N6O4S. The number of nitrogens with zero attached hydrogens (tertiary/aromatic N) is 4. The first-order valence-electron chi connectivity index (χ1n) is 18.7. The first-order valence-corrected chi connectivity index (χ1v) is 19.5. The maximum atomic E-state index is 13.9. The number of thiazole rings is 1. The Kier molecular flexibility index (Phi) is 10.7. The quantitative estimate of drug-likeness (QED) is 0.169. The number of benzene rings is 2. The Morgan fingerprint density at radius 3 is 2.44 bits per heavy atom. The molecule has 2 atom stereocenters.